The van der Waals surface area contributed by atoms with Gasteiger partial charge in [0.1, 0.15) is 5.82 Å². The lowest BCUT2D eigenvalue weighted by Gasteiger charge is -2.15. The van der Waals surface area contributed by atoms with Crippen molar-refractivity contribution < 1.29 is 14.3 Å². The molecule has 0 unspecified atom stereocenters. The van der Waals surface area contributed by atoms with Gasteiger partial charge in [0.05, 0.1) is 5.56 Å². The van der Waals surface area contributed by atoms with Gasteiger partial charge in [-0.2, -0.15) is 0 Å². The van der Waals surface area contributed by atoms with Crippen LogP contribution in [0.25, 0.3) is 0 Å². The Balaban J connectivity index is 1.55. The summed E-state index contributed by atoms with van der Waals surface area (Å²) in [5.41, 5.74) is 1.06. The van der Waals surface area contributed by atoms with Crippen molar-refractivity contribution in [1.82, 2.24) is 5.32 Å². The number of carboxylic acid groups (broad SMARTS) is 1. The van der Waals surface area contributed by atoms with Crippen LogP contribution in [0.2, 0.25) is 0 Å². The number of benzene rings is 1. The smallest absolute Gasteiger partial charge is 0.338 e. The van der Waals surface area contributed by atoms with Crippen LogP contribution in [0.15, 0.2) is 18.2 Å². The van der Waals surface area contributed by atoms with Gasteiger partial charge in [-0.25, -0.2) is 9.18 Å². The molecule has 2 saturated carbocycles. The molecule has 0 heterocycles. The summed E-state index contributed by atoms with van der Waals surface area (Å²) in [6.07, 6.45) is 5.36. The normalized spacial score (nSPS) is 20.3. The summed E-state index contributed by atoms with van der Waals surface area (Å²) >= 11 is 0. The van der Waals surface area contributed by atoms with Crippen molar-refractivity contribution in [3.63, 3.8) is 0 Å². The van der Waals surface area contributed by atoms with Gasteiger partial charge in [-0.05, 0) is 54.7 Å². The van der Waals surface area contributed by atoms with Crippen LogP contribution in [-0.2, 0) is 6.54 Å². The van der Waals surface area contributed by atoms with E-state index in [2.05, 4.69) is 5.32 Å². The molecule has 2 fully saturated rings. The fourth-order valence-electron chi connectivity index (χ4n) is 2.88. The Morgan fingerprint density at radius 3 is 2.68 bits per heavy atom. The summed E-state index contributed by atoms with van der Waals surface area (Å²) < 4.78 is 13.5. The molecule has 19 heavy (non-hydrogen) atoms. The minimum absolute atomic E-state index is 0.264. The van der Waals surface area contributed by atoms with Crippen molar-refractivity contribution in [3.05, 3.63) is 35.1 Å². The zero-order valence-corrected chi connectivity index (χ0v) is 10.8. The molecule has 0 aliphatic heterocycles. The molecule has 0 radical (unpaired) electrons. The van der Waals surface area contributed by atoms with Crippen LogP contribution in [0.5, 0.6) is 0 Å². The predicted octanol–water partition coefficient (Wildman–Crippen LogP) is 2.80. The Hall–Kier alpha value is -1.42. The van der Waals surface area contributed by atoms with E-state index in [1.807, 2.05) is 0 Å². The summed E-state index contributed by atoms with van der Waals surface area (Å²) in [4.78, 5) is 10.7. The Morgan fingerprint density at radius 2 is 2.16 bits per heavy atom. The second-order valence-corrected chi connectivity index (χ2v) is 5.86. The number of rotatable bonds is 6. The highest BCUT2D eigenvalue weighted by atomic mass is 19.1. The minimum atomic E-state index is -1.22. The zero-order chi connectivity index (χ0) is 13.5. The van der Waals surface area contributed by atoms with E-state index in [1.165, 1.54) is 37.8 Å². The fraction of sp³-hybridized carbons (Fsp3) is 0.533. The van der Waals surface area contributed by atoms with Crippen LogP contribution in [0.4, 0.5) is 4.39 Å². The van der Waals surface area contributed by atoms with E-state index in [1.54, 1.807) is 6.07 Å². The molecule has 0 amide bonds. The first kappa shape index (κ1) is 12.6. The number of carbonyl (C=O) groups is 1. The number of hydrogen-bond acceptors (Lipinski definition) is 2. The van der Waals surface area contributed by atoms with E-state index in [0.717, 1.165) is 18.0 Å². The number of halogens is 1. The molecule has 2 N–H and O–H groups in total. The molecule has 2 aliphatic rings. The van der Waals surface area contributed by atoms with Gasteiger partial charge >= 0.3 is 5.97 Å². The molecule has 4 heteroatoms. The topological polar surface area (TPSA) is 49.3 Å². The van der Waals surface area contributed by atoms with Crippen LogP contribution in [0, 0.1) is 17.2 Å². The van der Waals surface area contributed by atoms with E-state index in [4.69, 9.17) is 5.11 Å². The number of hydrogen-bond donors (Lipinski definition) is 2. The Kier molecular flexibility index (Phi) is 3.05. The van der Waals surface area contributed by atoms with Crippen LogP contribution in [0.1, 0.15) is 41.6 Å². The quantitative estimate of drug-likeness (QED) is 0.829. The first-order chi connectivity index (χ1) is 9.11. The average Bonchev–Trinajstić information content (AvgIpc) is 3.23. The minimum Gasteiger partial charge on any atom is -0.478 e. The Morgan fingerprint density at radius 1 is 1.42 bits per heavy atom. The third-order valence-electron chi connectivity index (χ3n) is 4.41. The van der Waals surface area contributed by atoms with Crippen LogP contribution >= 0.6 is 0 Å². The second kappa shape index (κ2) is 4.60. The third-order valence-corrected chi connectivity index (χ3v) is 4.41. The van der Waals surface area contributed by atoms with E-state index in [9.17, 15) is 9.18 Å². The SMILES string of the molecule is O=C(O)c1ccc(CNCC2(C3CC3)CC2)cc1F. The molecule has 0 spiro atoms. The summed E-state index contributed by atoms with van der Waals surface area (Å²) in [6, 6.07) is 4.33. The maximum Gasteiger partial charge on any atom is 0.338 e. The van der Waals surface area contributed by atoms with Gasteiger partial charge in [0.15, 0.2) is 0 Å². The number of nitrogens with one attached hydrogen (secondary N) is 1. The second-order valence-electron chi connectivity index (χ2n) is 5.86. The van der Waals surface area contributed by atoms with Crippen LogP contribution < -0.4 is 5.32 Å². The first-order valence-electron chi connectivity index (χ1n) is 6.83. The molecular formula is C15H18FNO2. The number of aromatic carboxylic acids is 1. The molecule has 0 atom stereocenters. The lowest BCUT2D eigenvalue weighted by Crippen LogP contribution is -2.25. The highest BCUT2D eigenvalue weighted by Gasteiger charge is 2.53. The van der Waals surface area contributed by atoms with Crippen molar-refractivity contribution in [1.29, 1.82) is 0 Å². The van der Waals surface area contributed by atoms with Crippen LogP contribution in [0.3, 0.4) is 0 Å². The number of carboxylic acids is 1. The largest absolute Gasteiger partial charge is 0.478 e. The highest BCUT2D eigenvalue weighted by molar-refractivity contribution is 5.87. The zero-order valence-electron chi connectivity index (χ0n) is 10.8. The lowest BCUT2D eigenvalue weighted by atomic mass is 10.0. The first-order valence-corrected chi connectivity index (χ1v) is 6.83. The Bertz CT molecular complexity index is 507. The van der Waals surface area contributed by atoms with Gasteiger partial charge in [0.2, 0.25) is 0 Å². The molecule has 0 aromatic heterocycles. The molecule has 3 rings (SSSR count). The molecule has 1 aromatic carbocycles. The molecule has 102 valence electrons. The van der Waals surface area contributed by atoms with Gasteiger partial charge in [-0.3, -0.25) is 0 Å². The highest BCUT2D eigenvalue weighted by Crippen LogP contribution is 2.60. The molecule has 3 nitrogen and oxygen atoms in total. The van der Waals surface area contributed by atoms with E-state index in [0.29, 0.717) is 12.0 Å². The summed E-state index contributed by atoms with van der Waals surface area (Å²) in [6.45, 7) is 1.60. The standard InChI is InChI=1S/C15H18FNO2/c16-13-7-10(1-4-12(13)14(18)19)8-17-9-15(5-6-15)11-2-3-11/h1,4,7,11,17H,2-3,5-6,8-9H2,(H,18,19). The fourth-order valence-corrected chi connectivity index (χ4v) is 2.88. The monoisotopic (exact) mass is 263 g/mol. The van der Waals surface area contributed by atoms with Gasteiger partial charge in [-0.1, -0.05) is 6.07 Å². The van der Waals surface area contributed by atoms with Gasteiger partial charge < -0.3 is 10.4 Å². The van der Waals surface area contributed by atoms with E-state index in [-0.39, 0.29) is 5.56 Å². The maximum absolute atomic E-state index is 13.5. The third kappa shape index (κ3) is 2.63. The molecule has 0 bridgehead atoms. The summed E-state index contributed by atoms with van der Waals surface area (Å²) in [5.74, 6) is -0.969. The summed E-state index contributed by atoms with van der Waals surface area (Å²) in [5, 5.41) is 12.1. The van der Waals surface area contributed by atoms with Crippen molar-refractivity contribution in [2.45, 2.75) is 32.2 Å². The van der Waals surface area contributed by atoms with Gasteiger partial charge in [0.25, 0.3) is 0 Å². The van der Waals surface area contributed by atoms with Crippen molar-refractivity contribution in [2.75, 3.05) is 6.54 Å². The van der Waals surface area contributed by atoms with Crippen LogP contribution in [-0.4, -0.2) is 17.6 Å². The maximum atomic E-state index is 13.5. The Labute approximate surface area is 111 Å². The molecule has 2 aliphatic carbocycles. The summed E-state index contributed by atoms with van der Waals surface area (Å²) in [7, 11) is 0. The predicted molar refractivity (Wildman–Crippen MR) is 69.5 cm³/mol. The van der Waals surface area contributed by atoms with Crippen molar-refractivity contribution in [2.24, 2.45) is 11.3 Å². The average molecular weight is 263 g/mol. The van der Waals surface area contributed by atoms with Gasteiger partial charge in [-0.15, -0.1) is 0 Å². The van der Waals surface area contributed by atoms with E-state index < -0.39 is 11.8 Å². The lowest BCUT2D eigenvalue weighted by molar-refractivity contribution is 0.0692. The van der Waals surface area contributed by atoms with Crippen molar-refractivity contribution in [3.8, 4) is 0 Å². The molecule has 1 aromatic rings. The van der Waals surface area contributed by atoms with E-state index >= 15 is 0 Å². The van der Waals surface area contributed by atoms with Crippen molar-refractivity contribution >= 4 is 5.97 Å². The molecule has 0 saturated heterocycles. The van der Waals surface area contributed by atoms with Gasteiger partial charge in [0, 0.05) is 13.1 Å². The molecular weight excluding hydrogens is 245 g/mol.